The fourth-order valence-corrected chi connectivity index (χ4v) is 5.07. The molecule has 9 heteroatoms. The molecule has 0 amide bonds. The monoisotopic (exact) mass is 495 g/mol. The molecule has 184 valence electrons. The van der Waals surface area contributed by atoms with Gasteiger partial charge in [-0.3, -0.25) is 10.1 Å². The van der Waals surface area contributed by atoms with Gasteiger partial charge in [0.1, 0.15) is 17.3 Å². The summed E-state index contributed by atoms with van der Waals surface area (Å²) in [6.45, 7) is 8.08. The Balaban J connectivity index is 2.07. The summed E-state index contributed by atoms with van der Waals surface area (Å²) in [5.41, 5.74) is 0.786. The van der Waals surface area contributed by atoms with Crippen LogP contribution in [0.3, 0.4) is 0 Å². The molecule has 35 heavy (non-hydrogen) atoms. The van der Waals surface area contributed by atoms with Gasteiger partial charge in [0.25, 0.3) is 5.69 Å². The Hall–Kier alpha value is -3.64. The van der Waals surface area contributed by atoms with Gasteiger partial charge in [-0.25, -0.2) is 4.57 Å². The zero-order valence-corrected chi connectivity index (χ0v) is 21.2. The maximum absolute atomic E-state index is 14.1. The summed E-state index contributed by atoms with van der Waals surface area (Å²) in [4.78, 5) is 12.7. The summed E-state index contributed by atoms with van der Waals surface area (Å²) in [6.07, 6.45) is 0.286. The molecule has 0 saturated heterocycles. The number of para-hydroxylation sites is 2. The van der Waals surface area contributed by atoms with Crippen LogP contribution < -0.4 is 9.05 Å². The predicted molar refractivity (Wildman–Crippen MR) is 138 cm³/mol. The molecule has 0 saturated carbocycles. The van der Waals surface area contributed by atoms with Gasteiger partial charge < -0.3 is 13.9 Å². The number of nitro benzene ring substituents is 1. The summed E-state index contributed by atoms with van der Waals surface area (Å²) >= 11 is 0. The SMILES string of the molecule is CC(C)N(/C(Cc1ccc([N+](=O)[O-])cc1)=N/P(=O)(Oc1ccccc1)Oc1ccccc1)C(C)C. The van der Waals surface area contributed by atoms with Crippen LogP contribution in [-0.4, -0.2) is 27.7 Å². The maximum Gasteiger partial charge on any atom is 0.564 e. The third-order valence-corrected chi connectivity index (χ3v) is 6.44. The lowest BCUT2D eigenvalue weighted by atomic mass is 10.1. The van der Waals surface area contributed by atoms with Crippen molar-refractivity contribution in [2.75, 3.05) is 0 Å². The maximum atomic E-state index is 14.1. The van der Waals surface area contributed by atoms with Crippen molar-refractivity contribution in [3.8, 4) is 11.5 Å². The topological polar surface area (TPSA) is 94.3 Å². The number of benzene rings is 3. The van der Waals surface area contributed by atoms with E-state index in [1.165, 1.54) is 12.1 Å². The summed E-state index contributed by atoms with van der Waals surface area (Å²) in [6, 6.07) is 23.8. The molecule has 0 unspecified atom stereocenters. The first-order valence-electron chi connectivity index (χ1n) is 11.4. The number of rotatable bonds is 10. The zero-order chi connectivity index (χ0) is 25.4. The average Bonchev–Trinajstić information content (AvgIpc) is 2.80. The molecule has 0 aliphatic heterocycles. The van der Waals surface area contributed by atoms with Crippen molar-refractivity contribution in [1.29, 1.82) is 0 Å². The van der Waals surface area contributed by atoms with E-state index in [0.29, 0.717) is 17.3 Å². The lowest BCUT2D eigenvalue weighted by Gasteiger charge is -2.34. The second-order valence-corrected chi connectivity index (χ2v) is 9.99. The van der Waals surface area contributed by atoms with Crippen molar-refractivity contribution in [3.05, 3.63) is 101 Å². The van der Waals surface area contributed by atoms with Crippen LogP contribution in [-0.2, 0) is 11.0 Å². The molecule has 0 aromatic heterocycles. The summed E-state index contributed by atoms with van der Waals surface area (Å²) < 4.78 is 30.4. The van der Waals surface area contributed by atoms with E-state index < -0.39 is 12.7 Å². The third-order valence-electron chi connectivity index (χ3n) is 5.09. The van der Waals surface area contributed by atoms with E-state index in [0.717, 1.165) is 5.56 Å². The Labute approximate surface area is 206 Å². The Morgan fingerprint density at radius 3 is 1.71 bits per heavy atom. The molecule has 3 aromatic rings. The first-order chi connectivity index (χ1) is 16.7. The molecule has 8 nitrogen and oxygen atoms in total. The van der Waals surface area contributed by atoms with E-state index in [9.17, 15) is 14.7 Å². The Bertz CT molecular complexity index is 1130. The second kappa shape index (κ2) is 11.7. The number of nitrogens with zero attached hydrogens (tertiary/aromatic N) is 3. The third kappa shape index (κ3) is 7.42. The lowest BCUT2D eigenvalue weighted by molar-refractivity contribution is -0.384. The van der Waals surface area contributed by atoms with Crippen molar-refractivity contribution in [1.82, 2.24) is 4.90 Å². The minimum Gasteiger partial charge on any atom is -0.399 e. The van der Waals surface area contributed by atoms with Gasteiger partial charge in [0.05, 0.1) is 4.92 Å². The molecule has 0 spiro atoms. The molecule has 0 bridgehead atoms. The second-order valence-electron chi connectivity index (χ2n) is 8.49. The number of hydrogen-bond donors (Lipinski definition) is 0. The Morgan fingerprint density at radius 1 is 0.857 bits per heavy atom. The highest BCUT2D eigenvalue weighted by Gasteiger charge is 2.32. The van der Waals surface area contributed by atoms with E-state index in [1.807, 2.05) is 44.7 Å². The molecule has 3 rings (SSSR count). The number of hydrogen-bond acceptors (Lipinski definition) is 5. The van der Waals surface area contributed by atoms with Crippen LogP contribution in [0.25, 0.3) is 0 Å². The number of amidine groups is 1. The van der Waals surface area contributed by atoms with Gasteiger partial charge in [0.15, 0.2) is 0 Å². The Kier molecular flexibility index (Phi) is 8.66. The van der Waals surface area contributed by atoms with E-state index >= 15 is 0 Å². The highest BCUT2D eigenvalue weighted by molar-refractivity contribution is 7.53. The molecule has 0 aliphatic carbocycles. The van der Waals surface area contributed by atoms with Gasteiger partial charge >= 0.3 is 7.75 Å². The van der Waals surface area contributed by atoms with Gasteiger partial charge in [-0.1, -0.05) is 48.5 Å². The number of nitro groups is 1. The quantitative estimate of drug-likeness (QED) is 0.0996. The molecule has 0 N–H and O–H groups in total. The van der Waals surface area contributed by atoms with Crippen LogP contribution in [0.4, 0.5) is 5.69 Å². The van der Waals surface area contributed by atoms with Crippen molar-refractivity contribution >= 4 is 19.3 Å². The van der Waals surface area contributed by atoms with Crippen LogP contribution in [0, 0.1) is 10.1 Å². The highest BCUT2D eigenvalue weighted by atomic mass is 31.2. The molecule has 0 aliphatic rings. The van der Waals surface area contributed by atoms with Crippen molar-refractivity contribution in [3.63, 3.8) is 0 Å². The minimum absolute atomic E-state index is 0.00214. The lowest BCUT2D eigenvalue weighted by Crippen LogP contribution is -2.43. The first kappa shape index (κ1) is 26.0. The molecular weight excluding hydrogens is 465 g/mol. The van der Waals surface area contributed by atoms with Gasteiger partial charge in [-0.2, -0.15) is 0 Å². The zero-order valence-electron chi connectivity index (χ0n) is 20.3. The van der Waals surface area contributed by atoms with Gasteiger partial charge in [-0.15, -0.1) is 4.76 Å². The van der Waals surface area contributed by atoms with Crippen LogP contribution >= 0.6 is 7.75 Å². The van der Waals surface area contributed by atoms with Crippen LogP contribution in [0.1, 0.15) is 33.3 Å². The van der Waals surface area contributed by atoms with E-state index in [4.69, 9.17) is 9.05 Å². The van der Waals surface area contributed by atoms with Gasteiger partial charge in [0, 0.05) is 30.6 Å². The van der Waals surface area contributed by atoms with Gasteiger partial charge in [-0.05, 0) is 57.5 Å². The molecule has 0 atom stereocenters. The van der Waals surface area contributed by atoms with Crippen LogP contribution in [0.2, 0.25) is 0 Å². The van der Waals surface area contributed by atoms with Gasteiger partial charge in [0.2, 0.25) is 0 Å². The smallest absolute Gasteiger partial charge is 0.399 e. The largest absolute Gasteiger partial charge is 0.564 e. The summed E-state index contributed by atoms with van der Waals surface area (Å²) in [5, 5.41) is 11.1. The normalized spacial score (nSPS) is 12.0. The first-order valence-corrected chi connectivity index (χ1v) is 12.9. The molecule has 3 aromatic carbocycles. The predicted octanol–water partition coefficient (Wildman–Crippen LogP) is 6.92. The fraction of sp³-hybridized carbons (Fsp3) is 0.269. The van der Waals surface area contributed by atoms with E-state index in [2.05, 4.69) is 4.76 Å². The van der Waals surface area contributed by atoms with E-state index in [-0.39, 0.29) is 24.2 Å². The molecule has 0 radical (unpaired) electrons. The number of non-ortho nitro benzene ring substituents is 1. The minimum atomic E-state index is -4.08. The molecule has 0 heterocycles. The average molecular weight is 496 g/mol. The van der Waals surface area contributed by atoms with E-state index in [1.54, 1.807) is 60.7 Å². The van der Waals surface area contributed by atoms with Crippen molar-refractivity contribution in [2.45, 2.75) is 46.2 Å². The summed E-state index contributed by atoms with van der Waals surface area (Å²) in [5.74, 6) is 1.23. The molecular formula is C26H30N3O5P. The molecule has 0 fully saturated rings. The Morgan fingerprint density at radius 2 is 1.31 bits per heavy atom. The standard InChI is InChI=1S/C26H30N3O5P/c1-20(2)28(21(3)4)26(19-22-15-17-23(18-16-22)29(30)31)27-35(32,33-24-11-7-5-8-12-24)34-25-13-9-6-10-14-25/h5-18,20-21H,19H2,1-4H3/b27-26+. The van der Waals surface area contributed by atoms with Crippen LogP contribution in [0.5, 0.6) is 11.5 Å². The summed E-state index contributed by atoms with van der Waals surface area (Å²) in [7, 11) is -4.08. The van der Waals surface area contributed by atoms with Crippen molar-refractivity contribution in [2.24, 2.45) is 4.76 Å². The van der Waals surface area contributed by atoms with Crippen molar-refractivity contribution < 1.29 is 18.5 Å². The fourth-order valence-electron chi connectivity index (χ4n) is 3.72. The highest BCUT2D eigenvalue weighted by Crippen LogP contribution is 2.50. The van der Waals surface area contributed by atoms with Crippen LogP contribution in [0.15, 0.2) is 89.7 Å².